The molecule has 1 unspecified atom stereocenters. The lowest BCUT2D eigenvalue weighted by Crippen LogP contribution is -2.37. The van der Waals surface area contributed by atoms with E-state index in [9.17, 15) is 19.0 Å². The molecular formula is C52H100NO8P. The lowest BCUT2D eigenvalue weighted by atomic mass is 10.0. The molecule has 0 amide bonds. The smallest absolute Gasteiger partial charge is 0.306 e. The number of hydrogen-bond donors (Lipinski definition) is 0. The van der Waals surface area contributed by atoms with Crippen molar-refractivity contribution in [3.63, 3.8) is 0 Å². The van der Waals surface area contributed by atoms with Crippen LogP contribution in [0.3, 0.4) is 0 Å². The van der Waals surface area contributed by atoms with Crippen molar-refractivity contribution in [1.29, 1.82) is 0 Å². The number of likely N-dealkylation sites (N-methyl/N-ethyl adjacent to an activating group) is 1. The molecule has 0 saturated carbocycles. The van der Waals surface area contributed by atoms with E-state index >= 15 is 0 Å². The molecule has 0 aromatic rings. The van der Waals surface area contributed by atoms with Crippen molar-refractivity contribution >= 4 is 19.8 Å². The van der Waals surface area contributed by atoms with Crippen LogP contribution in [-0.4, -0.2) is 70.0 Å². The summed E-state index contributed by atoms with van der Waals surface area (Å²) in [6, 6.07) is 0. The zero-order chi connectivity index (χ0) is 45.7. The Hall–Kier alpha value is -1.51. The van der Waals surface area contributed by atoms with Gasteiger partial charge in [-0.2, -0.15) is 0 Å². The first-order valence-electron chi connectivity index (χ1n) is 26.0. The Bertz CT molecular complexity index is 1110. The molecule has 0 radical (unpaired) electrons. The zero-order valence-electron chi connectivity index (χ0n) is 41.3. The number of phosphoric acid groups is 1. The molecule has 0 aliphatic carbocycles. The average molecular weight is 898 g/mol. The maximum absolute atomic E-state index is 12.7. The topological polar surface area (TPSA) is 111 Å². The maximum Gasteiger partial charge on any atom is 0.306 e. The summed E-state index contributed by atoms with van der Waals surface area (Å²) < 4.78 is 34.0. The van der Waals surface area contributed by atoms with E-state index in [2.05, 4.69) is 38.2 Å². The fraction of sp³-hybridized carbons (Fsp3) is 0.885. The molecule has 0 saturated heterocycles. The first-order valence-corrected chi connectivity index (χ1v) is 27.5. The van der Waals surface area contributed by atoms with Crippen molar-refractivity contribution in [3.8, 4) is 0 Å². The molecule has 0 bridgehead atoms. The number of phosphoric ester groups is 1. The average Bonchev–Trinajstić information content (AvgIpc) is 3.23. The summed E-state index contributed by atoms with van der Waals surface area (Å²) in [6.07, 6.45) is 50.8. The summed E-state index contributed by atoms with van der Waals surface area (Å²) in [5.74, 6) is -0.874. The van der Waals surface area contributed by atoms with Crippen LogP contribution in [0, 0.1) is 0 Å². The summed E-state index contributed by atoms with van der Waals surface area (Å²) in [4.78, 5) is 37.7. The number of quaternary nitrogens is 1. The summed E-state index contributed by atoms with van der Waals surface area (Å²) >= 11 is 0. The fourth-order valence-corrected chi connectivity index (χ4v) is 8.13. The molecule has 9 nitrogen and oxygen atoms in total. The number of nitrogens with zero attached hydrogens (tertiary/aromatic N) is 1. The number of rotatable bonds is 48. The second kappa shape index (κ2) is 44.7. The molecule has 0 spiro atoms. The number of esters is 2. The van der Waals surface area contributed by atoms with Gasteiger partial charge in [0.15, 0.2) is 6.10 Å². The number of ether oxygens (including phenoxy) is 2. The zero-order valence-corrected chi connectivity index (χ0v) is 42.2. The minimum atomic E-state index is -4.64. The van der Waals surface area contributed by atoms with Crippen LogP contribution < -0.4 is 4.89 Å². The molecule has 0 aromatic heterocycles. The lowest BCUT2D eigenvalue weighted by Gasteiger charge is -2.28. The van der Waals surface area contributed by atoms with E-state index in [0.29, 0.717) is 17.4 Å². The molecule has 0 heterocycles. The van der Waals surface area contributed by atoms with Crippen LogP contribution in [0.25, 0.3) is 0 Å². The summed E-state index contributed by atoms with van der Waals surface area (Å²) in [5.41, 5.74) is 0. The fourth-order valence-electron chi connectivity index (χ4n) is 7.40. The number of hydrogen-bond acceptors (Lipinski definition) is 8. The van der Waals surface area contributed by atoms with Crippen molar-refractivity contribution < 1.29 is 42.1 Å². The lowest BCUT2D eigenvalue weighted by molar-refractivity contribution is -0.870. The van der Waals surface area contributed by atoms with E-state index in [1.807, 2.05) is 21.1 Å². The highest BCUT2D eigenvalue weighted by Crippen LogP contribution is 2.38. The second-order valence-corrected chi connectivity index (χ2v) is 20.3. The van der Waals surface area contributed by atoms with Gasteiger partial charge in [-0.3, -0.25) is 14.2 Å². The maximum atomic E-state index is 12.7. The van der Waals surface area contributed by atoms with Crippen LogP contribution in [0.2, 0.25) is 0 Å². The second-order valence-electron chi connectivity index (χ2n) is 18.9. The van der Waals surface area contributed by atoms with Crippen LogP contribution in [0.1, 0.15) is 245 Å². The highest BCUT2D eigenvalue weighted by atomic mass is 31.2. The van der Waals surface area contributed by atoms with Crippen molar-refractivity contribution in [2.24, 2.45) is 0 Å². The Morgan fingerprint density at radius 3 is 1.32 bits per heavy atom. The van der Waals surface area contributed by atoms with Gasteiger partial charge in [-0.25, -0.2) is 0 Å². The monoisotopic (exact) mass is 898 g/mol. The SMILES string of the molecule is CCCCCCCCCCC/C=C/C/C=C/CCCC(=O)O[C@H](COC(=O)CCCCCCCCCCCCCCCCCCCCCCC)COP(=O)([O-])OCC[N+](C)(C)C. The third-order valence-electron chi connectivity index (χ3n) is 11.5. The van der Waals surface area contributed by atoms with E-state index in [1.54, 1.807) is 0 Å². The predicted molar refractivity (Wildman–Crippen MR) is 259 cm³/mol. The standard InChI is InChI=1S/C52H100NO8P/c1-6-8-10-12-14-16-18-20-22-24-25-26-27-29-30-32-34-36-38-40-42-44-51(54)58-48-50(49-60-62(56,57)59-47-46-53(3,4)5)61-52(55)45-43-41-39-37-35-33-31-28-23-21-19-17-15-13-11-9-7-2/h31,33,37,39,50H,6-30,32,34-36,38,40-49H2,1-5H3/b33-31+,39-37+/t50-/m1/s1. The third-order valence-corrected chi connectivity index (χ3v) is 12.4. The molecule has 62 heavy (non-hydrogen) atoms. The molecular weight excluding hydrogens is 798 g/mol. The molecule has 0 aliphatic rings. The molecule has 10 heteroatoms. The van der Waals surface area contributed by atoms with Gasteiger partial charge in [-0.1, -0.05) is 218 Å². The van der Waals surface area contributed by atoms with Gasteiger partial charge in [-0.15, -0.1) is 0 Å². The first-order chi connectivity index (χ1) is 30.0. The number of carbonyl (C=O) groups excluding carboxylic acids is 2. The Morgan fingerprint density at radius 1 is 0.500 bits per heavy atom. The van der Waals surface area contributed by atoms with Crippen LogP contribution in [0.4, 0.5) is 0 Å². The molecule has 0 aromatic carbocycles. The van der Waals surface area contributed by atoms with E-state index in [-0.39, 0.29) is 32.0 Å². The molecule has 0 fully saturated rings. The van der Waals surface area contributed by atoms with Gasteiger partial charge >= 0.3 is 11.9 Å². The van der Waals surface area contributed by atoms with Gasteiger partial charge in [0.25, 0.3) is 7.82 Å². The minimum absolute atomic E-state index is 0.0359. The van der Waals surface area contributed by atoms with Crippen molar-refractivity contribution in [2.45, 2.75) is 251 Å². The van der Waals surface area contributed by atoms with Crippen molar-refractivity contribution in [2.75, 3.05) is 47.5 Å². The van der Waals surface area contributed by atoms with E-state index < -0.39 is 26.5 Å². The highest BCUT2D eigenvalue weighted by molar-refractivity contribution is 7.45. The Kier molecular flexibility index (Phi) is 43.6. The van der Waals surface area contributed by atoms with Gasteiger partial charge < -0.3 is 27.9 Å². The molecule has 0 rings (SSSR count). The van der Waals surface area contributed by atoms with Gasteiger partial charge in [-0.05, 0) is 38.5 Å². The third kappa shape index (κ3) is 48.0. The molecule has 366 valence electrons. The molecule has 0 aliphatic heterocycles. The Balaban J connectivity index is 4.25. The summed E-state index contributed by atoms with van der Waals surface area (Å²) in [5, 5.41) is 0. The minimum Gasteiger partial charge on any atom is -0.756 e. The molecule has 2 atom stereocenters. The van der Waals surface area contributed by atoms with Crippen LogP contribution in [0.15, 0.2) is 24.3 Å². The number of unbranched alkanes of at least 4 members (excludes halogenated alkanes) is 30. The first kappa shape index (κ1) is 60.5. The highest BCUT2D eigenvalue weighted by Gasteiger charge is 2.21. The largest absolute Gasteiger partial charge is 0.756 e. The summed E-state index contributed by atoms with van der Waals surface area (Å²) in [6.45, 7) is 4.22. The van der Waals surface area contributed by atoms with Gasteiger partial charge in [0, 0.05) is 12.8 Å². The normalized spacial score (nSPS) is 13.6. The van der Waals surface area contributed by atoms with Crippen LogP contribution in [-0.2, 0) is 32.7 Å². The van der Waals surface area contributed by atoms with E-state index in [4.69, 9.17) is 18.5 Å². The number of carbonyl (C=O) groups is 2. The predicted octanol–water partition coefficient (Wildman–Crippen LogP) is 14.8. The van der Waals surface area contributed by atoms with Gasteiger partial charge in [0.2, 0.25) is 0 Å². The van der Waals surface area contributed by atoms with E-state index in [1.165, 1.54) is 173 Å². The van der Waals surface area contributed by atoms with Crippen molar-refractivity contribution in [1.82, 2.24) is 0 Å². The van der Waals surface area contributed by atoms with Gasteiger partial charge in [0.05, 0.1) is 27.7 Å². The summed E-state index contributed by atoms with van der Waals surface area (Å²) in [7, 11) is 1.15. The van der Waals surface area contributed by atoms with E-state index in [0.717, 1.165) is 38.5 Å². The number of allylic oxidation sites excluding steroid dienone is 4. The van der Waals surface area contributed by atoms with Crippen LogP contribution in [0.5, 0.6) is 0 Å². The molecule has 0 N–H and O–H groups in total. The quantitative estimate of drug-likeness (QED) is 0.0195. The van der Waals surface area contributed by atoms with Gasteiger partial charge in [0.1, 0.15) is 19.8 Å². The van der Waals surface area contributed by atoms with Crippen molar-refractivity contribution in [3.05, 3.63) is 24.3 Å². The van der Waals surface area contributed by atoms with Crippen LogP contribution >= 0.6 is 7.82 Å². The Labute approximate surface area is 383 Å². The Morgan fingerprint density at radius 2 is 0.887 bits per heavy atom.